The van der Waals surface area contributed by atoms with Crippen LogP contribution in [0.2, 0.25) is 0 Å². The maximum Gasteiger partial charge on any atom is 0.337 e. The van der Waals surface area contributed by atoms with Gasteiger partial charge in [-0.15, -0.1) is 0 Å². The van der Waals surface area contributed by atoms with Crippen molar-refractivity contribution in [2.45, 2.75) is 12.3 Å². The van der Waals surface area contributed by atoms with Crippen LogP contribution in [0.25, 0.3) is 10.4 Å². The highest BCUT2D eigenvalue weighted by molar-refractivity contribution is 5.74. The van der Waals surface area contributed by atoms with Gasteiger partial charge in [0.2, 0.25) is 0 Å². The summed E-state index contributed by atoms with van der Waals surface area (Å²) in [5.41, 5.74) is 7.79. The number of hydrogen-bond donors (Lipinski definition) is 1. The van der Waals surface area contributed by atoms with Crippen LogP contribution in [0.15, 0.2) is 5.11 Å². The first-order valence-corrected chi connectivity index (χ1v) is 3.04. The minimum Gasteiger partial charge on any atom is -0.467 e. The molecule has 0 saturated heterocycles. The summed E-state index contributed by atoms with van der Waals surface area (Å²) in [4.78, 5) is 12.7. The van der Waals surface area contributed by atoms with Gasteiger partial charge in [0.05, 0.1) is 13.7 Å². The summed E-state index contributed by atoms with van der Waals surface area (Å²) < 4.78 is 16.7. The van der Waals surface area contributed by atoms with Crippen LogP contribution in [-0.2, 0) is 9.53 Å². The Morgan fingerprint density at radius 2 is 2.50 bits per heavy atom. The summed E-state index contributed by atoms with van der Waals surface area (Å²) in [6, 6.07) is 0. The number of methoxy groups -OCH3 is 1. The Kier molecular flexibility index (Phi) is 4.75. The number of rotatable bonds is 4. The molecule has 0 amide bonds. The topological polar surface area (TPSA) is 95.3 Å². The molecule has 0 aromatic rings. The summed E-state index contributed by atoms with van der Waals surface area (Å²) in [6.07, 6.45) is -3.81. The highest BCUT2D eigenvalue weighted by atomic mass is 19.1. The van der Waals surface area contributed by atoms with Gasteiger partial charge in [-0.05, 0) is 5.53 Å². The highest BCUT2D eigenvalue weighted by Gasteiger charge is 2.25. The molecule has 0 rings (SSSR count). The molecule has 0 aliphatic heterocycles. The Morgan fingerprint density at radius 3 is 2.92 bits per heavy atom. The Bertz CT molecular complexity index is 204. The van der Waals surface area contributed by atoms with Crippen molar-refractivity contribution in [3.63, 3.8) is 0 Å². The third-order valence-electron chi connectivity index (χ3n) is 1.10. The Labute approximate surface area is 67.6 Å². The summed E-state index contributed by atoms with van der Waals surface area (Å²) in [7, 11) is 1.02. The largest absolute Gasteiger partial charge is 0.467 e. The Balaban J connectivity index is 3.99. The molecule has 0 bridgehead atoms. The van der Waals surface area contributed by atoms with Crippen molar-refractivity contribution < 1.29 is 19.0 Å². The van der Waals surface area contributed by atoms with E-state index in [9.17, 15) is 9.18 Å². The number of aliphatic hydroxyl groups excluding tert-OH is 1. The van der Waals surface area contributed by atoms with Crippen LogP contribution in [0.4, 0.5) is 4.39 Å². The van der Waals surface area contributed by atoms with Crippen molar-refractivity contribution in [2.75, 3.05) is 13.7 Å². The second kappa shape index (κ2) is 5.34. The van der Waals surface area contributed by atoms with Crippen LogP contribution >= 0.6 is 0 Å². The number of azide groups is 1. The summed E-state index contributed by atoms with van der Waals surface area (Å²) >= 11 is 0. The molecule has 6 nitrogen and oxygen atoms in total. The fourth-order valence-corrected chi connectivity index (χ4v) is 0.483. The summed E-state index contributed by atoms with van der Waals surface area (Å²) in [6.45, 7) is -0.591. The van der Waals surface area contributed by atoms with E-state index in [2.05, 4.69) is 14.8 Å². The van der Waals surface area contributed by atoms with Crippen LogP contribution < -0.4 is 0 Å². The lowest BCUT2D eigenvalue weighted by molar-refractivity contribution is -0.153. The predicted octanol–water partition coefficient (Wildman–Crippen LogP) is 0.169. The smallest absolute Gasteiger partial charge is 0.337 e. The van der Waals surface area contributed by atoms with E-state index < -0.39 is 24.8 Å². The van der Waals surface area contributed by atoms with E-state index in [4.69, 9.17) is 10.6 Å². The normalized spacial score (nSPS) is 14.2. The molecule has 0 aliphatic carbocycles. The van der Waals surface area contributed by atoms with Crippen molar-refractivity contribution in [3.8, 4) is 0 Å². The Morgan fingerprint density at radius 1 is 1.92 bits per heavy atom. The quantitative estimate of drug-likeness (QED) is 0.287. The molecular formula is C5H8FN3O3. The van der Waals surface area contributed by atoms with Gasteiger partial charge in [-0.25, -0.2) is 9.18 Å². The molecule has 0 saturated carbocycles. The standard InChI is InChI=1S/C5H8FN3O3/c1-12-5(11)4(10)3(6)2-8-9-7/h3-4,10H,2H2,1H3/t3-,4+/m1/s1. The zero-order valence-corrected chi connectivity index (χ0v) is 6.35. The van der Waals surface area contributed by atoms with Gasteiger partial charge >= 0.3 is 5.97 Å². The third kappa shape index (κ3) is 3.18. The van der Waals surface area contributed by atoms with Crippen LogP contribution in [-0.4, -0.2) is 37.0 Å². The number of esters is 1. The van der Waals surface area contributed by atoms with Gasteiger partial charge in [-0.3, -0.25) is 0 Å². The molecule has 1 N–H and O–H groups in total. The van der Waals surface area contributed by atoms with E-state index in [1.165, 1.54) is 0 Å². The van der Waals surface area contributed by atoms with Gasteiger partial charge < -0.3 is 9.84 Å². The molecule has 12 heavy (non-hydrogen) atoms. The number of halogens is 1. The van der Waals surface area contributed by atoms with Crippen molar-refractivity contribution >= 4 is 5.97 Å². The van der Waals surface area contributed by atoms with E-state index >= 15 is 0 Å². The zero-order valence-electron chi connectivity index (χ0n) is 6.35. The second-order valence-electron chi connectivity index (χ2n) is 1.90. The molecule has 0 aromatic carbocycles. The van der Waals surface area contributed by atoms with Crippen molar-refractivity contribution in [2.24, 2.45) is 5.11 Å². The van der Waals surface area contributed by atoms with E-state index in [1.54, 1.807) is 0 Å². The molecule has 0 aromatic heterocycles. The first-order valence-electron chi connectivity index (χ1n) is 3.04. The number of carbonyl (C=O) groups excluding carboxylic acids is 1. The molecule has 0 fully saturated rings. The SMILES string of the molecule is COC(=O)[C@@H](O)[C@H](F)CN=[N+]=[N-]. The number of nitrogens with zero attached hydrogens (tertiary/aromatic N) is 3. The first-order chi connectivity index (χ1) is 5.63. The molecule has 7 heteroatoms. The molecule has 0 aliphatic rings. The van der Waals surface area contributed by atoms with Gasteiger partial charge in [0.1, 0.15) is 6.17 Å². The molecule has 0 heterocycles. The van der Waals surface area contributed by atoms with Crippen molar-refractivity contribution in [1.29, 1.82) is 0 Å². The molecule has 2 atom stereocenters. The maximum atomic E-state index is 12.6. The predicted molar refractivity (Wildman–Crippen MR) is 36.9 cm³/mol. The summed E-state index contributed by atoms with van der Waals surface area (Å²) in [5, 5.41) is 11.6. The fourth-order valence-electron chi connectivity index (χ4n) is 0.483. The fraction of sp³-hybridized carbons (Fsp3) is 0.800. The molecule has 68 valence electrons. The van der Waals surface area contributed by atoms with Gasteiger partial charge in [0, 0.05) is 4.91 Å². The van der Waals surface area contributed by atoms with E-state index in [-0.39, 0.29) is 0 Å². The summed E-state index contributed by atoms with van der Waals surface area (Å²) in [5.74, 6) is -1.09. The first kappa shape index (κ1) is 10.7. The van der Waals surface area contributed by atoms with Crippen LogP contribution in [0.5, 0.6) is 0 Å². The van der Waals surface area contributed by atoms with Gasteiger partial charge in [0.25, 0.3) is 0 Å². The van der Waals surface area contributed by atoms with Gasteiger partial charge in [0.15, 0.2) is 6.10 Å². The second-order valence-corrected chi connectivity index (χ2v) is 1.90. The van der Waals surface area contributed by atoms with E-state index in [0.29, 0.717) is 0 Å². The molecule has 0 spiro atoms. The van der Waals surface area contributed by atoms with Crippen molar-refractivity contribution in [3.05, 3.63) is 10.4 Å². The lowest BCUT2D eigenvalue weighted by Crippen LogP contribution is -2.33. The van der Waals surface area contributed by atoms with Crippen LogP contribution in [0, 0.1) is 0 Å². The van der Waals surface area contributed by atoms with Crippen molar-refractivity contribution in [1.82, 2.24) is 0 Å². The number of ether oxygens (including phenoxy) is 1. The van der Waals surface area contributed by atoms with Crippen LogP contribution in [0.3, 0.4) is 0 Å². The third-order valence-corrected chi connectivity index (χ3v) is 1.10. The lowest BCUT2D eigenvalue weighted by atomic mass is 10.2. The number of hydrogen-bond acceptors (Lipinski definition) is 4. The monoisotopic (exact) mass is 177 g/mol. The molecular weight excluding hydrogens is 169 g/mol. The lowest BCUT2D eigenvalue weighted by Gasteiger charge is -2.10. The number of carbonyl (C=O) groups is 1. The number of alkyl halides is 1. The minimum absolute atomic E-state index is 0.591. The maximum absolute atomic E-state index is 12.6. The Hall–Kier alpha value is -1.33. The van der Waals surface area contributed by atoms with E-state index in [1.807, 2.05) is 0 Å². The molecule has 0 radical (unpaired) electrons. The zero-order chi connectivity index (χ0) is 9.56. The minimum atomic E-state index is -1.92. The van der Waals surface area contributed by atoms with Gasteiger partial charge in [-0.1, -0.05) is 5.11 Å². The molecule has 0 unspecified atom stereocenters. The van der Waals surface area contributed by atoms with Gasteiger partial charge in [-0.2, -0.15) is 0 Å². The average Bonchev–Trinajstić information content (AvgIpc) is 2.11. The van der Waals surface area contributed by atoms with Crippen LogP contribution in [0.1, 0.15) is 0 Å². The average molecular weight is 177 g/mol. The van der Waals surface area contributed by atoms with E-state index in [0.717, 1.165) is 7.11 Å². The number of aliphatic hydroxyl groups is 1. The highest BCUT2D eigenvalue weighted by Crippen LogP contribution is 2.01.